The molecule has 5 aromatic carbocycles. The van der Waals surface area contributed by atoms with Gasteiger partial charge >= 0.3 is 0 Å². The number of nitro groups is 1. The van der Waals surface area contributed by atoms with Gasteiger partial charge in [-0.3, -0.25) is 24.5 Å². The van der Waals surface area contributed by atoms with Crippen LogP contribution in [0.4, 0.5) is 17.1 Å². The van der Waals surface area contributed by atoms with Crippen molar-refractivity contribution >= 4 is 63.4 Å². The SMILES string of the molecule is Cc1ccc([N+](=O)[O-])cc1NC(=O)C(C)Sc1ccc(NC(=O)/C(=C/c2cccc3ccccc23)NC(=O)c2ccccc2)cc1. The first-order valence-corrected chi connectivity index (χ1v) is 15.3. The van der Waals surface area contributed by atoms with E-state index in [1.54, 1.807) is 74.5 Å². The first-order chi connectivity index (χ1) is 22.2. The number of benzene rings is 5. The summed E-state index contributed by atoms with van der Waals surface area (Å²) in [6, 6.07) is 33.5. The van der Waals surface area contributed by atoms with Crippen molar-refractivity contribution in [2.24, 2.45) is 0 Å². The maximum atomic E-state index is 13.5. The molecule has 5 aromatic rings. The Morgan fingerprint density at radius 1 is 0.826 bits per heavy atom. The molecule has 0 aliphatic rings. The maximum absolute atomic E-state index is 13.5. The van der Waals surface area contributed by atoms with Gasteiger partial charge in [-0.05, 0) is 78.2 Å². The lowest BCUT2D eigenvalue weighted by atomic mass is 10.0. The highest BCUT2D eigenvalue weighted by atomic mass is 32.2. The summed E-state index contributed by atoms with van der Waals surface area (Å²) in [5.74, 6) is -1.22. The second-order valence-electron chi connectivity index (χ2n) is 10.4. The number of hydrogen-bond donors (Lipinski definition) is 3. The third kappa shape index (κ3) is 7.85. The Balaban J connectivity index is 1.30. The summed E-state index contributed by atoms with van der Waals surface area (Å²) in [5.41, 5.74) is 2.76. The summed E-state index contributed by atoms with van der Waals surface area (Å²) in [6.45, 7) is 3.50. The number of non-ortho nitro benzene ring substituents is 1. The summed E-state index contributed by atoms with van der Waals surface area (Å²) in [7, 11) is 0. The standard InChI is InChI=1S/C36H30N4O5S/c1-23-15-18-29(40(44)45)22-32(23)38-34(41)24(2)46-30-19-16-28(17-20-30)37-36(43)33(39-35(42)26-10-4-3-5-11-26)21-27-13-8-12-25-9-6-7-14-31(25)27/h3-22,24H,1-2H3,(H,37,43)(H,38,41)(H,39,42)/b33-21-. The molecule has 3 N–H and O–H groups in total. The number of rotatable bonds is 10. The molecule has 0 bridgehead atoms. The number of fused-ring (bicyclic) bond motifs is 1. The summed E-state index contributed by atoms with van der Waals surface area (Å²) in [6.07, 6.45) is 1.66. The lowest BCUT2D eigenvalue weighted by molar-refractivity contribution is -0.384. The van der Waals surface area contributed by atoms with Crippen LogP contribution in [-0.4, -0.2) is 27.9 Å². The molecule has 0 saturated carbocycles. The Bertz CT molecular complexity index is 1950. The van der Waals surface area contributed by atoms with E-state index < -0.39 is 22.0 Å². The van der Waals surface area contributed by atoms with Gasteiger partial charge in [0.1, 0.15) is 5.70 Å². The van der Waals surface area contributed by atoms with Crippen LogP contribution in [0, 0.1) is 17.0 Å². The van der Waals surface area contributed by atoms with Crippen LogP contribution in [0.25, 0.3) is 16.8 Å². The van der Waals surface area contributed by atoms with Crippen molar-refractivity contribution in [3.8, 4) is 0 Å². The third-order valence-corrected chi connectivity index (χ3v) is 8.25. The zero-order chi connectivity index (χ0) is 32.6. The second-order valence-corrected chi connectivity index (χ2v) is 11.8. The van der Waals surface area contributed by atoms with E-state index in [2.05, 4.69) is 16.0 Å². The third-order valence-electron chi connectivity index (χ3n) is 7.14. The van der Waals surface area contributed by atoms with Crippen LogP contribution in [0.1, 0.15) is 28.4 Å². The van der Waals surface area contributed by atoms with Gasteiger partial charge in [0.05, 0.1) is 15.9 Å². The van der Waals surface area contributed by atoms with Crippen molar-refractivity contribution in [1.29, 1.82) is 0 Å². The predicted molar refractivity (Wildman–Crippen MR) is 183 cm³/mol. The summed E-state index contributed by atoms with van der Waals surface area (Å²) in [5, 5.41) is 21.0. The summed E-state index contributed by atoms with van der Waals surface area (Å²) < 4.78 is 0. The average Bonchev–Trinajstić information content (AvgIpc) is 3.06. The smallest absolute Gasteiger partial charge is 0.272 e. The molecule has 0 fully saturated rings. The Morgan fingerprint density at radius 2 is 1.52 bits per heavy atom. The monoisotopic (exact) mass is 630 g/mol. The molecule has 10 heteroatoms. The average molecular weight is 631 g/mol. The van der Waals surface area contributed by atoms with Gasteiger partial charge in [-0.2, -0.15) is 0 Å². The minimum Gasteiger partial charge on any atom is -0.325 e. The molecule has 0 heterocycles. The molecule has 0 spiro atoms. The van der Waals surface area contributed by atoms with Gasteiger partial charge in [0.15, 0.2) is 0 Å². The lowest BCUT2D eigenvalue weighted by Crippen LogP contribution is -2.30. The van der Waals surface area contributed by atoms with Crippen LogP contribution in [0.2, 0.25) is 0 Å². The molecule has 0 aliphatic carbocycles. The predicted octanol–water partition coefficient (Wildman–Crippen LogP) is 7.59. The molecule has 1 unspecified atom stereocenters. The van der Waals surface area contributed by atoms with Crippen LogP contribution in [0.15, 0.2) is 126 Å². The number of thioether (sulfide) groups is 1. The van der Waals surface area contributed by atoms with Gasteiger partial charge in [0.25, 0.3) is 17.5 Å². The van der Waals surface area contributed by atoms with E-state index in [4.69, 9.17) is 0 Å². The topological polar surface area (TPSA) is 130 Å². The number of nitro benzene ring substituents is 1. The summed E-state index contributed by atoms with van der Waals surface area (Å²) >= 11 is 1.30. The fraction of sp³-hybridized carbons (Fsp3) is 0.0833. The first-order valence-electron chi connectivity index (χ1n) is 14.4. The van der Waals surface area contributed by atoms with E-state index in [0.29, 0.717) is 22.5 Å². The fourth-order valence-electron chi connectivity index (χ4n) is 4.64. The van der Waals surface area contributed by atoms with Crippen molar-refractivity contribution in [3.63, 3.8) is 0 Å². The number of anilines is 2. The minimum absolute atomic E-state index is 0.0744. The van der Waals surface area contributed by atoms with E-state index in [1.165, 1.54) is 23.9 Å². The molecule has 46 heavy (non-hydrogen) atoms. The van der Waals surface area contributed by atoms with Crippen molar-refractivity contribution in [3.05, 3.63) is 148 Å². The van der Waals surface area contributed by atoms with Gasteiger partial charge in [0.2, 0.25) is 5.91 Å². The molecule has 0 radical (unpaired) electrons. The Kier molecular flexibility index (Phi) is 9.89. The zero-order valence-electron chi connectivity index (χ0n) is 25.0. The Labute approximate surface area is 269 Å². The molecule has 230 valence electrons. The minimum atomic E-state index is -0.512. The molecular formula is C36H30N4O5S. The van der Waals surface area contributed by atoms with Gasteiger partial charge < -0.3 is 16.0 Å². The van der Waals surface area contributed by atoms with Crippen LogP contribution in [0.3, 0.4) is 0 Å². The van der Waals surface area contributed by atoms with E-state index in [1.807, 2.05) is 48.5 Å². The van der Waals surface area contributed by atoms with E-state index in [-0.39, 0.29) is 17.3 Å². The number of hydrogen-bond acceptors (Lipinski definition) is 6. The number of amides is 3. The Morgan fingerprint density at radius 3 is 2.26 bits per heavy atom. The number of nitrogens with one attached hydrogen (secondary N) is 3. The van der Waals surface area contributed by atoms with Crippen LogP contribution >= 0.6 is 11.8 Å². The molecule has 0 saturated heterocycles. The molecule has 1 atom stereocenters. The highest BCUT2D eigenvalue weighted by Crippen LogP contribution is 2.28. The van der Waals surface area contributed by atoms with Crippen LogP contribution in [0.5, 0.6) is 0 Å². The van der Waals surface area contributed by atoms with Gasteiger partial charge in [-0.1, -0.05) is 66.7 Å². The Hall–Kier alpha value is -5.74. The molecule has 5 rings (SSSR count). The lowest BCUT2D eigenvalue weighted by Gasteiger charge is -2.14. The van der Waals surface area contributed by atoms with Crippen molar-refractivity contribution in [1.82, 2.24) is 5.32 Å². The van der Waals surface area contributed by atoms with E-state index in [0.717, 1.165) is 21.2 Å². The largest absolute Gasteiger partial charge is 0.325 e. The molecular weight excluding hydrogens is 600 g/mol. The molecule has 0 aliphatic heterocycles. The number of carbonyl (C=O) groups excluding carboxylic acids is 3. The van der Waals surface area contributed by atoms with Crippen molar-refractivity contribution in [2.45, 2.75) is 24.0 Å². The number of aryl methyl sites for hydroxylation is 1. The highest BCUT2D eigenvalue weighted by Gasteiger charge is 2.19. The zero-order valence-corrected chi connectivity index (χ0v) is 25.8. The van der Waals surface area contributed by atoms with Gasteiger partial charge in [0, 0.05) is 28.3 Å². The quantitative estimate of drug-likeness (QED) is 0.0631. The van der Waals surface area contributed by atoms with Crippen LogP contribution in [-0.2, 0) is 9.59 Å². The maximum Gasteiger partial charge on any atom is 0.272 e. The highest BCUT2D eigenvalue weighted by molar-refractivity contribution is 8.00. The summed E-state index contributed by atoms with van der Waals surface area (Å²) in [4.78, 5) is 50.9. The second kappa shape index (κ2) is 14.4. The molecule has 3 amide bonds. The van der Waals surface area contributed by atoms with Crippen molar-refractivity contribution < 1.29 is 19.3 Å². The molecule has 9 nitrogen and oxygen atoms in total. The number of carbonyl (C=O) groups is 3. The first kappa shape index (κ1) is 31.7. The number of nitrogens with zero attached hydrogens (tertiary/aromatic N) is 1. The van der Waals surface area contributed by atoms with Gasteiger partial charge in [-0.25, -0.2) is 0 Å². The van der Waals surface area contributed by atoms with Crippen molar-refractivity contribution in [2.75, 3.05) is 10.6 Å². The molecule has 0 aromatic heterocycles. The van der Waals surface area contributed by atoms with Gasteiger partial charge in [-0.15, -0.1) is 11.8 Å². The normalized spacial score (nSPS) is 11.8. The van der Waals surface area contributed by atoms with Crippen LogP contribution < -0.4 is 16.0 Å². The van der Waals surface area contributed by atoms with E-state index in [9.17, 15) is 24.5 Å². The van der Waals surface area contributed by atoms with E-state index >= 15 is 0 Å². The fourth-order valence-corrected chi connectivity index (χ4v) is 5.51.